The van der Waals surface area contributed by atoms with Gasteiger partial charge in [0.25, 0.3) is 0 Å². The number of rotatable bonds is 5. The Labute approximate surface area is 205 Å². The van der Waals surface area contributed by atoms with Gasteiger partial charge in [0.1, 0.15) is 11.6 Å². The van der Waals surface area contributed by atoms with Crippen molar-refractivity contribution >= 4 is 23.1 Å². The minimum absolute atomic E-state index is 0.0332. The molecule has 3 aromatic rings. The summed E-state index contributed by atoms with van der Waals surface area (Å²) in [5, 5.41) is 23.6. The van der Waals surface area contributed by atoms with Crippen LogP contribution in [0.4, 0.5) is 27.5 Å². The fourth-order valence-corrected chi connectivity index (χ4v) is 5.29. The largest absolute Gasteiger partial charge is 0.505 e. The van der Waals surface area contributed by atoms with Crippen LogP contribution in [0.25, 0.3) is 10.5 Å². The van der Waals surface area contributed by atoms with E-state index in [1.54, 1.807) is 0 Å². The number of benzene rings is 1. The van der Waals surface area contributed by atoms with Crippen LogP contribution in [-0.4, -0.2) is 64.2 Å². The van der Waals surface area contributed by atoms with Crippen LogP contribution >= 0.6 is 0 Å². The summed E-state index contributed by atoms with van der Waals surface area (Å²) in [4.78, 5) is 28.5. The molecule has 14 heteroatoms. The number of nitrogens with zero attached hydrogens (tertiary/aromatic N) is 9. The van der Waals surface area contributed by atoms with E-state index in [1.165, 1.54) is 25.7 Å². The minimum atomic E-state index is -0.791. The summed E-state index contributed by atoms with van der Waals surface area (Å²) in [6.07, 6.45) is 5.57. The number of hydrogen-bond acceptors (Lipinski definition) is 9. The van der Waals surface area contributed by atoms with Crippen LogP contribution in [0, 0.1) is 17.3 Å². The molecular formula is C22H27FN11O2+. The third-order valence-electron chi connectivity index (χ3n) is 6.88. The predicted octanol–water partition coefficient (Wildman–Crippen LogP) is 2.27. The molecule has 2 saturated heterocycles. The Bertz CT molecular complexity index is 1410. The van der Waals surface area contributed by atoms with Crippen LogP contribution in [0.15, 0.2) is 18.3 Å². The molecule has 2 fully saturated rings. The van der Waals surface area contributed by atoms with E-state index in [0.717, 1.165) is 41.5 Å². The lowest BCUT2D eigenvalue weighted by molar-refractivity contribution is -0.675. The number of phenols is 1. The van der Waals surface area contributed by atoms with Crippen molar-refractivity contribution in [3.8, 4) is 11.4 Å². The van der Waals surface area contributed by atoms with Gasteiger partial charge in [-0.3, -0.25) is 4.90 Å². The Morgan fingerprint density at radius 2 is 2.14 bits per heavy atom. The SMILES string of the molecule is [C-]#[N+]c1cnc(Nc2cc(-n3nnn(C)[n+]3=O)c(O)cc2F)nc1N[C@@H]1C[C@@H]2CCCN2C(C)(C)C1. The highest BCUT2D eigenvalue weighted by Crippen LogP contribution is 2.39. The van der Waals surface area contributed by atoms with Crippen molar-refractivity contribution in [1.29, 1.82) is 0 Å². The molecule has 0 spiro atoms. The van der Waals surface area contributed by atoms with Gasteiger partial charge in [-0.05, 0) is 61.8 Å². The summed E-state index contributed by atoms with van der Waals surface area (Å²) in [5.74, 6) is -0.867. The third kappa shape index (κ3) is 4.22. The molecule has 188 valence electrons. The van der Waals surface area contributed by atoms with Crippen LogP contribution in [0.2, 0.25) is 0 Å². The van der Waals surface area contributed by atoms with Gasteiger partial charge in [-0.2, -0.15) is 0 Å². The maximum atomic E-state index is 14.7. The van der Waals surface area contributed by atoms with E-state index in [1.807, 2.05) is 0 Å². The fraction of sp³-hybridized carbons (Fsp3) is 0.500. The minimum Gasteiger partial charge on any atom is -0.505 e. The van der Waals surface area contributed by atoms with Crippen molar-refractivity contribution in [1.82, 2.24) is 34.9 Å². The molecule has 0 bridgehead atoms. The lowest BCUT2D eigenvalue weighted by Gasteiger charge is -2.48. The molecule has 1 aromatic carbocycles. The first-order chi connectivity index (χ1) is 17.2. The first kappa shape index (κ1) is 23.6. The smallest absolute Gasteiger partial charge is 0.246 e. The van der Waals surface area contributed by atoms with Gasteiger partial charge < -0.3 is 15.7 Å². The molecule has 0 radical (unpaired) electrons. The van der Waals surface area contributed by atoms with Gasteiger partial charge in [0, 0.05) is 34.7 Å². The Kier molecular flexibility index (Phi) is 5.79. The highest BCUT2D eigenvalue weighted by atomic mass is 19.1. The van der Waals surface area contributed by atoms with Crippen molar-refractivity contribution < 1.29 is 14.2 Å². The van der Waals surface area contributed by atoms with Crippen LogP contribution in [0.1, 0.15) is 39.5 Å². The van der Waals surface area contributed by atoms with Gasteiger partial charge in [0.05, 0.1) is 19.3 Å². The Morgan fingerprint density at radius 3 is 2.86 bits per heavy atom. The highest BCUT2D eigenvalue weighted by molar-refractivity contribution is 5.68. The second kappa shape index (κ2) is 8.83. The zero-order valence-electron chi connectivity index (χ0n) is 20.2. The Morgan fingerprint density at radius 1 is 1.33 bits per heavy atom. The first-order valence-corrected chi connectivity index (χ1v) is 11.7. The number of hydrogen-bond donors (Lipinski definition) is 3. The number of nitrogens with one attached hydrogen (secondary N) is 2. The van der Waals surface area contributed by atoms with Gasteiger partial charge in [-0.15, -0.1) is 0 Å². The topological polar surface area (TPSA) is 136 Å². The zero-order valence-corrected chi connectivity index (χ0v) is 20.2. The number of phenolic OH excluding ortho intramolecular Hbond substituents is 1. The van der Waals surface area contributed by atoms with Crippen molar-refractivity contribution in [2.45, 2.75) is 57.2 Å². The van der Waals surface area contributed by atoms with Crippen molar-refractivity contribution in [3.05, 3.63) is 40.5 Å². The van der Waals surface area contributed by atoms with E-state index in [0.29, 0.717) is 11.9 Å². The number of piperidine rings is 1. The summed E-state index contributed by atoms with van der Waals surface area (Å²) in [5.41, 5.74) is 0.110. The number of aryl methyl sites for hydroxylation is 1. The van der Waals surface area contributed by atoms with Crippen molar-refractivity contribution in [2.24, 2.45) is 7.05 Å². The summed E-state index contributed by atoms with van der Waals surface area (Å²) in [6, 6.07) is 2.67. The first-order valence-electron chi connectivity index (χ1n) is 11.7. The lowest BCUT2D eigenvalue weighted by atomic mass is 9.84. The number of fused-ring (bicyclic) bond motifs is 1. The number of anilines is 3. The quantitative estimate of drug-likeness (QED) is 0.276. The van der Waals surface area contributed by atoms with E-state index in [-0.39, 0.29) is 39.2 Å². The van der Waals surface area contributed by atoms with Crippen LogP contribution in [0.3, 0.4) is 0 Å². The molecule has 0 aliphatic carbocycles. The van der Waals surface area contributed by atoms with Gasteiger partial charge in [0.15, 0.2) is 16.2 Å². The van der Waals surface area contributed by atoms with Gasteiger partial charge in [-0.25, -0.2) is 19.2 Å². The second-order valence-corrected chi connectivity index (χ2v) is 9.78. The lowest BCUT2D eigenvalue weighted by Crippen LogP contribution is -2.55. The second-order valence-electron chi connectivity index (χ2n) is 9.78. The van der Waals surface area contributed by atoms with Gasteiger partial charge >= 0.3 is 0 Å². The van der Waals surface area contributed by atoms with E-state index in [2.05, 4.69) is 54.6 Å². The average molecular weight is 497 g/mol. The molecule has 0 amide bonds. The number of halogens is 1. The van der Waals surface area contributed by atoms with Gasteiger partial charge in [0.2, 0.25) is 22.1 Å². The van der Waals surface area contributed by atoms with Gasteiger partial charge in [-0.1, -0.05) is 0 Å². The summed E-state index contributed by atoms with van der Waals surface area (Å²) >= 11 is 0. The van der Waals surface area contributed by atoms with Crippen molar-refractivity contribution in [2.75, 3.05) is 17.2 Å². The van der Waals surface area contributed by atoms with E-state index in [4.69, 9.17) is 6.57 Å². The summed E-state index contributed by atoms with van der Waals surface area (Å²) < 4.78 is 15.0. The van der Waals surface area contributed by atoms with E-state index < -0.39 is 11.6 Å². The summed E-state index contributed by atoms with van der Waals surface area (Å²) in [6.45, 7) is 13.1. The molecule has 4 heterocycles. The molecule has 0 unspecified atom stereocenters. The normalized spacial score (nSPS) is 21.1. The van der Waals surface area contributed by atoms with E-state index >= 15 is 0 Å². The molecule has 5 rings (SSSR count). The number of aromatic hydroxyl groups is 1. The highest BCUT2D eigenvalue weighted by Gasteiger charge is 2.43. The van der Waals surface area contributed by atoms with Crippen LogP contribution in [-0.2, 0) is 7.05 Å². The van der Waals surface area contributed by atoms with Crippen molar-refractivity contribution in [3.63, 3.8) is 0 Å². The Hall–Kier alpha value is -4.12. The molecule has 3 N–H and O–H groups in total. The van der Waals surface area contributed by atoms with Crippen LogP contribution < -0.4 is 15.3 Å². The molecule has 0 saturated carbocycles. The monoisotopic (exact) mass is 496 g/mol. The zero-order chi connectivity index (χ0) is 25.6. The fourth-order valence-electron chi connectivity index (χ4n) is 5.29. The summed E-state index contributed by atoms with van der Waals surface area (Å²) in [7, 11) is 1.37. The molecule has 2 atom stereocenters. The standard InChI is InChI=1S/C22H26FN11O2/c1-22(2)11-13(8-14-6-5-7-32(14)22)26-20-17(24-3)12-25-21(28-20)27-16-10-18(19(35)9-15(16)23)33-30-29-31(4)34(33)36/h9-10,12-14H,5-8,11H2,1-2,4H3,(H2-,25,26,27,28,29,30,35)/p+1/t13-,14+/m1/s1. The molecule has 13 nitrogen and oxygen atoms in total. The maximum absolute atomic E-state index is 14.7. The third-order valence-corrected chi connectivity index (χ3v) is 6.88. The maximum Gasteiger partial charge on any atom is 0.246 e. The molecule has 36 heavy (non-hydrogen) atoms. The Balaban J connectivity index is 1.42. The predicted molar refractivity (Wildman–Crippen MR) is 127 cm³/mol. The molecule has 2 aromatic heterocycles. The molecular weight excluding hydrogens is 469 g/mol. The molecule has 2 aliphatic rings. The van der Waals surface area contributed by atoms with Crippen LogP contribution in [0.5, 0.6) is 5.75 Å². The average Bonchev–Trinajstić information content (AvgIpc) is 3.43. The van der Waals surface area contributed by atoms with E-state index in [9.17, 15) is 14.4 Å². The number of aromatic nitrogens is 7. The molecule has 2 aliphatic heterocycles.